The van der Waals surface area contributed by atoms with Crippen LogP contribution in [0, 0.1) is 23.7 Å². The van der Waals surface area contributed by atoms with Crippen LogP contribution in [0.25, 0.3) is 0 Å². The lowest BCUT2D eigenvalue weighted by Crippen LogP contribution is -2.62. The highest BCUT2D eigenvalue weighted by Gasteiger charge is 2.54. The summed E-state index contributed by atoms with van der Waals surface area (Å²) in [7, 11) is 11.0. The molecule has 0 aliphatic carbocycles. The number of methoxy groups -OCH3 is 1. The summed E-state index contributed by atoms with van der Waals surface area (Å²) < 4.78 is 32.8. The molecular formula is C41H77N5O10. The van der Waals surface area contributed by atoms with Crippen molar-refractivity contribution in [2.24, 2.45) is 23.7 Å². The van der Waals surface area contributed by atoms with Gasteiger partial charge in [0.1, 0.15) is 12.2 Å². The van der Waals surface area contributed by atoms with Crippen LogP contribution in [0.3, 0.4) is 0 Å². The lowest BCUT2D eigenvalue weighted by molar-refractivity contribution is -0.308. The van der Waals surface area contributed by atoms with Crippen molar-refractivity contribution in [3.8, 4) is 0 Å². The Bertz CT molecular complexity index is 1260. The number of nitrogens with one attached hydrogen (secondary N) is 2. The number of aliphatic hydroxyl groups excluding tert-OH is 1. The summed E-state index contributed by atoms with van der Waals surface area (Å²) in [5, 5.41) is 29.9. The zero-order valence-corrected chi connectivity index (χ0v) is 36.7. The van der Waals surface area contributed by atoms with Gasteiger partial charge in [0.15, 0.2) is 6.29 Å². The summed E-state index contributed by atoms with van der Waals surface area (Å²) in [5.74, 6) is -2.00. The van der Waals surface area contributed by atoms with E-state index in [1.165, 1.54) is 0 Å². The predicted octanol–water partition coefficient (Wildman–Crippen LogP) is 1.87. The molecule has 3 aliphatic rings. The van der Waals surface area contributed by atoms with Crippen LogP contribution >= 0.6 is 0 Å². The van der Waals surface area contributed by atoms with Crippen molar-refractivity contribution in [2.45, 2.75) is 147 Å². The quantitative estimate of drug-likeness (QED) is 0.212. The number of carbonyl (C=O) groups is 3. The highest BCUT2D eigenvalue weighted by molar-refractivity contribution is 5.79. The molecule has 3 fully saturated rings. The molecule has 15 nitrogen and oxygen atoms in total. The first-order chi connectivity index (χ1) is 26.1. The van der Waals surface area contributed by atoms with Crippen molar-refractivity contribution >= 4 is 17.7 Å². The Morgan fingerprint density at radius 2 is 1.75 bits per heavy atom. The lowest BCUT2D eigenvalue weighted by atomic mass is 9.68. The van der Waals surface area contributed by atoms with Gasteiger partial charge < -0.3 is 59.2 Å². The van der Waals surface area contributed by atoms with Gasteiger partial charge in [-0.25, -0.2) is 0 Å². The van der Waals surface area contributed by atoms with E-state index in [0.29, 0.717) is 71.3 Å². The molecule has 3 rings (SSSR count). The molecule has 15 heteroatoms. The number of aliphatic hydroxyl groups is 2. The Morgan fingerprint density at radius 3 is 2.38 bits per heavy atom. The molecule has 0 aromatic heterocycles. The minimum atomic E-state index is -1.47. The van der Waals surface area contributed by atoms with E-state index in [4.69, 9.17) is 23.7 Å². The summed E-state index contributed by atoms with van der Waals surface area (Å²) >= 11 is 0. The standard InChI is InChI=1S/C41H77N5O10/c1-25-21-40(6,51)37(56-39-35(30(45(10)11)20-26(2)54-39)53-19-15-18-42-32(47)24-44(8)9)27(3)34(31-22-41(7,52-13)36(49)29(5)55-31)28(4)38(50)43-17-14-16-33(48)46(12)23-25/h25-31,34-37,39,49,51H,14-24H2,1-13H3,(H,42,47)(H,43,50)/t25-,26-,27+,28-,29+,30+,31?,34+,35?,36+,37-,39+,40-,41-/m1/s1. The summed E-state index contributed by atoms with van der Waals surface area (Å²) in [6.45, 7) is 15.2. The fourth-order valence-corrected chi connectivity index (χ4v) is 9.26. The van der Waals surface area contributed by atoms with E-state index in [-0.39, 0.29) is 35.8 Å². The number of carbonyl (C=O) groups excluding carboxylic acids is 3. The highest BCUT2D eigenvalue weighted by atomic mass is 16.7. The molecule has 3 amide bonds. The predicted molar refractivity (Wildman–Crippen MR) is 214 cm³/mol. The summed E-state index contributed by atoms with van der Waals surface area (Å²) in [6.07, 6.45) is -1.89. The maximum atomic E-state index is 14.0. The molecule has 14 atom stereocenters. The number of likely N-dealkylation sites (N-methyl/N-ethyl adjacent to an activating group) is 2. The minimum Gasteiger partial charge on any atom is -0.387 e. The van der Waals surface area contributed by atoms with Gasteiger partial charge in [0.05, 0.1) is 42.2 Å². The van der Waals surface area contributed by atoms with Gasteiger partial charge in [-0.15, -0.1) is 0 Å². The molecule has 0 aromatic carbocycles. The van der Waals surface area contributed by atoms with Crippen molar-refractivity contribution in [1.82, 2.24) is 25.3 Å². The lowest BCUT2D eigenvalue weighted by Gasteiger charge is -2.51. The average Bonchev–Trinajstić information content (AvgIpc) is 3.10. The van der Waals surface area contributed by atoms with Crippen molar-refractivity contribution < 1.29 is 48.3 Å². The SMILES string of the molecule is CO[C@]1(C)CC([C@H]2[C@H](C)[C@@H](O[C@@H]3O[C@H](C)C[C@H](N(C)C)C3OCCCNC(=O)CN(C)C)[C@](C)(O)C[C@@H](C)CN(C)C(=O)CCCNC(=O)[C@@H]2C)O[C@@H](C)[C@@H]1O. The normalized spacial score (nSPS) is 39.9. The van der Waals surface area contributed by atoms with Crippen LogP contribution in [0.2, 0.25) is 0 Å². The molecule has 56 heavy (non-hydrogen) atoms. The first kappa shape index (κ1) is 48.4. The molecule has 3 heterocycles. The fraction of sp³-hybridized carbons (Fsp3) is 0.927. The number of hydrogen-bond donors (Lipinski definition) is 4. The third-order valence-electron chi connectivity index (χ3n) is 12.2. The molecule has 0 spiro atoms. The van der Waals surface area contributed by atoms with Gasteiger partial charge in [0.25, 0.3) is 0 Å². The van der Waals surface area contributed by atoms with Crippen LogP contribution in [0.5, 0.6) is 0 Å². The molecule has 4 N–H and O–H groups in total. The first-order valence-corrected chi connectivity index (χ1v) is 20.7. The number of ether oxygens (including phenoxy) is 5. The van der Waals surface area contributed by atoms with E-state index in [0.717, 1.165) is 0 Å². The topological polar surface area (TPSA) is 172 Å². The molecular weight excluding hydrogens is 722 g/mol. The van der Waals surface area contributed by atoms with Gasteiger partial charge in [-0.2, -0.15) is 0 Å². The second-order valence-electron chi connectivity index (χ2n) is 18.0. The van der Waals surface area contributed by atoms with Crippen LogP contribution in [0.1, 0.15) is 87.0 Å². The maximum absolute atomic E-state index is 14.0. The zero-order valence-electron chi connectivity index (χ0n) is 36.7. The second kappa shape index (κ2) is 21.3. The van der Waals surface area contributed by atoms with Gasteiger partial charge >= 0.3 is 0 Å². The molecule has 0 saturated carbocycles. The monoisotopic (exact) mass is 800 g/mol. The van der Waals surface area contributed by atoms with Crippen molar-refractivity contribution in [3.63, 3.8) is 0 Å². The Hall–Kier alpha value is -1.95. The number of amides is 3. The van der Waals surface area contributed by atoms with Gasteiger partial charge in [-0.3, -0.25) is 14.4 Å². The van der Waals surface area contributed by atoms with Crippen LogP contribution in [0.4, 0.5) is 0 Å². The van der Waals surface area contributed by atoms with E-state index < -0.39 is 65.8 Å². The smallest absolute Gasteiger partial charge is 0.234 e. The van der Waals surface area contributed by atoms with E-state index in [2.05, 4.69) is 15.5 Å². The third-order valence-corrected chi connectivity index (χ3v) is 12.2. The third kappa shape index (κ3) is 13.0. The zero-order chi connectivity index (χ0) is 42.1. The van der Waals surface area contributed by atoms with Crippen molar-refractivity contribution in [2.75, 3.05) is 75.1 Å². The molecule has 2 unspecified atom stereocenters. The molecule has 3 saturated heterocycles. The Kier molecular flexibility index (Phi) is 18.5. The summed E-state index contributed by atoms with van der Waals surface area (Å²) in [4.78, 5) is 45.0. The van der Waals surface area contributed by atoms with E-state index in [1.807, 2.05) is 74.6 Å². The Morgan fingerprint density at radius 1 is 1.07 bits per heavy atom. The molecule has 0 aromatic rings. The van der Waals surface area contributed by atoms with Crippen LogP contribution < -0.4 is 10.6 Å². The van der Waals surface area contributed by atoms with Crippen LogP contribution in [-0.4, -0.2) is 178 Å². The van der Waals surface area contributed by atoms with Gasteiger partial charge in [-0.05, 0) is 93.4 Å². The largest absolute Gasteiger partial charge is 0.387 e. The van der Waals surface area contributed by atoms with Crippen molar-refractivity contribution in [1.29, 1.82) is 0 Å². The maximum Gasteiger partial charge on any atom is 0.234 e. The molecule has 326 valence electrons. The fourth-order valence-electron chi connectivity index (χ4n) is 9.26. The Balaban J connectivity index is 2.08. The van der Waals surface area contributed by atoms with Gasteiger partial charge in [-0.1, -0.05) is 20.8 Å². The summed E-state index contributed by atoms with van der Waals surface area (Å²) in [5.41, 5.74) is -2.42. The van der Waals surface area contributed by atoms with Crippen molar-refractivity contribution in [3.05, 3.63) is 0 Å². The first-order valence-electron chi connectivity index (χ1n) is 20.7. The molecule has 0 radical (unpaired) electrons. The number of nitrogens with zero attached hydrogens (tertiary/aromatic N) is 3. The second-order valence-corrected chi connectivity index (χ2v) is 18.0. The number of rotatable bonds is 12. The van der Waals surface area contributed by atoms with Crippen LogP contribution in [0.15, 0.2) is 0 Å². The average molecular weight is 800 g/mol. The number of hydrogen-bond acceptors (Lipinski definition) is 12. The Labute approximate surface area is 336 Å². The minimum absolute atomic E-state index is 0.0220. The van der Waals surface area contributed by atoms with E-state index >= 15 is 0 Å². The molecule has 3 aliphatic heterocycles. The van der Waals surface area contributed by atoms with Gasteiger partial charge in [0.2, 0.25) is 17.7 Å². The summed E-state index contributed by atoms with van der Waals surface area (Å²) in [6, 6.07) is -0.0832. The molecule has 0 bridgehead atoms. The van der Waals surface area contributed by atoms with E-state index in [1.54, 1.807) is 26.0 Å². The van der Waals surface area contributed by atoms with Crippen LogP contribution in [-0.2, 0) is 38.1 Å². The highest BCUT2D eigenvalue weighted by Crippen LogP contribution is 2.44. The van der Waals surface area contributed by atoms with E-state index in [9.17, 15) is 24.6 Å². The van der Waals surface area contributed by atoms with Gasteiger partial charge in [0, 0.05) is 71.1 Å².